The fourth-order valence-electron chi connectivity index (χ4n) is 2.23. The molecule has 4 nitrogen and oxygen atoms in total. The van der Waals surface area contributed by atoms with E-state index in [0.717, 1.165) is 5.56 Å². The van der Waals surface area contributed by atoms with Crippen LogP contribution in [0.2, 0.25) is 0 Å². The molecule has 2 aromatic carbocycles. The number of halogens is 1. The van der Waals surface area contributed by atoms with Crippen LogP contribution in [0.15, 0.2) is 54.6 Å². The van der Waals surface area contributed by atoms with Crippen LogP contribution < -0.4 is 5.32 Å². The van der Waals surface area contributed by atoms with Crippen LogP contribution in [0.25, 0.3) is 0 Å². The van der Waals surface area contributed by atoms with Gasteiger partial charge in [-0.25, -0.2) is 4.39 Å². The quantitative estimate of drug-likeness (QED) is 0.672. The maximum Gasteiger partial charge on any atom is 0.357 e. The predicted molar refractivity (Wildman–Crippen MR) is 90.1 cm³/mol. The van der Waals surface area contributed by atoms with Crippen molar-refractivity contribution < 1.29 is 18.0 Å². The molecule has 0 heterocycles. The fraction of sp³-hybridized carbons (Fsp3) is 0.294. The van der Waals surface area contributed by atoms with Crippen molar-refractivity contribution in [2.75, 3.05) is 18.5 Å². The SMILES string of the molecule is CCOP(=O)(OCC)[C@H](Nc1ccc(F)cc1)c1ccccc1. The minimum absolute atomic E-state index is 0.270. The fourth-order valence-corrected chi connectivity index (χ4v) is 4.17. The zero-order valence-electron chi connectivity index (χ0n) is 13.2. The zero-order chi connectivity index (χ0) is 16.7. The third kappa shape index (κ3) is 4.64. The minimum Gasteiger partial charge on any atom is -0.368 e. The first-order valence-corrected chi connectivity index (χ1v) is 9.16. The highest BCUT2D eigenvalue weighted by atomic mass is 31.2. The molecule has 0 bridgehead atoms. The zero-order valence-corrected chi connectivity index (χ0v) is 14.1. The van der Waals surface area contributed by atoms with Gasteiger partial charge in [-0.1, -0.05) is 30.3 Å². The monoisotopic (exact) mass is 337 g/mol. The number of benzene rings is 2. The number of rotatable bonds is 8. The third-order valence-corrected chi connectivity index (χ3v) is 5.49. The van der Waals surface area contributed by atoms with Crippen molar-refractivity contribution in [2.45, 2.75) is 19.6 Å². The Kier molecular flexibility index (Phi) is 6.34. The molecule has 0 aliphatic heterocycles. The van der Waals surface area contributed by atoms with E-state index in [-0.39, 0.29) is 19.0 Å². The smallest absolute Gasteiger partial charge is 0.357 e. The van der Waals surface area contributed by atoms with Crippen molar-refractivity contribution in [1.82, 2.24) is 0 Å². The second-order valence-corrected chi connectivity index (χ2v) is 6.95. The highest BCUT2D eigenvalue weighted by Gasteiger charge is 2.36. The first-order chi connectivity index (χ1) is 11.1. The molecule has 0 amide bonds. The Hall–Kier alpha value is -1.68. The average molecular weight is 337 g/mol. The Labute approximate surface area is 136 Å². The van der Waals surface area contributed by atoms with Crippen molar-refractivity contribution in [2.24, 2.45) is 0 Å². The van der Waals surface area contributed by atoms with E-state index in [4.69, 9.17) is 9.05 Å². The summed E-state index contributed by atoms with van der Waals surface area (Å²) in [7, 11) is -3.43. The lowest BCUT2D eigenvalue weighted by atomic mass is 10.2. The highest BCUT2D eigenvalue weighted by Crippen LogP contribution is 2.60. The van der Waals surface area contributed by atoms with Crippen LogP contribution >= 0.6 is 7.60 Å². The van der Waals surface area contributed by atoms with E-state index in [1.54, 1.807) is 26.0 Å². The van der Waals surface area contributed by atoms with E-state index < -0.39 is 13.4 Å². The Morgan fingerprint density at radius 3 is 2.09 bits per heavy atom. The molecule has 0 spiro atoms. The normalized spacial score (nSPS) is 12.8. The molecule has 23 heavy (non-hydrogen) atoms. The summed E-state index contributed by atoms with van der Waals surface area (Å²) < 4.78 is 37.3. The van der Waals surface area contributed by atoms with E-state index in [1.165, 1.54) is 12.1 Å². The summed E-state index contributed by atoms with van der Waals surface area (Å²) in [4.78, 5) is 0. The maximum absolute atomic E-state index is 13.2. The molecular formula is C17H21FNO3P. The van der Waals surface area contributed by atoms with Gasteiger partial charge >= 0.3 is 7.60 Å². The number of hydrogen-bond acceptors (Lipinski definition) is 4. The Bertz CT molecular complexity index is 639. The summed E-state index contributed by atoms with van der Waals surface area (Å²) in [5.74, 6) is -1.00. The second kappa shape index (κ2) is 8.25. The predicted octanol–water partition coefficient (Wildman–Crippen LogP) is 5.20. The van der Waals surface area contributed by atoms with Crippen molar-refractivity contribution in [1.29, 1.82) is 0 Å². The number of anilines is 1. The Morgan fingerprint density at radius 2 is 1.57 bits per heavy atom. The molecule has 1 N–H and O–H groups in total. The van der Waals surface area contributed by atoms with E-state index in [2.05, 4.69) is 5.32 Å². The summed E-state index contributed by atoms with van der Waals surface area (Å²) in [6, 6.07) is 15.2. The standard InChI is InChI=1S/C17H21FNO3P/c1-3-21-23(20,22-4-2)17(14-8-6-5-7-9-14)19-16-12-10-15(18)11-13-16/h5-13,17,19H,3-4H2,1-2H3/t17-/m0/s1. The van der Waals surface area contributed by atoms with Crippen molar-refractivity contribution in [3.63, 3.8) is 0 Å². The summed E-state index contributed by atoms with van der Waals surface area (Å²) in [5.41, 5.74) is 1.42. The van der Waals surface area contributed by atoms with Gasteiger partial charge in [-0.05, 0) is 43.7 Å². The van der Waals surface area contributed by atoms with Crippen LogP contribution in [-0.4, -0.2) is 13.2 Å². The van der Waals surface area contributed by atoms with Crippen LogP contribution in [-0.2, 0) is 13.6 Å². The molecule has 1 atom stereocenters. The van der Waals surface area contributed by atoms with Crippen molar-refractivity contribution >= 4 is 13.3 Å². The third-order valence-electron chi connectivity index (χ3n) is 3.20. The van der Waals surface area contributed by atoms with E-state index in [9.17, 15) is 8.96 Å². The number of hydrogen-bond donors (Lipinski definition) is 1. The van der Waals surface area contributed by atoms with Gasteiger partial charge in [0, 0.05) is 5.69 Å². The molecule has 0 saturated carbocycles. The summed E-state index contributed by atoms with van der Waals surface area (Å²) >= 11 is 0. The van der Waals surface area contributed by atoms with E-state index >= 15 is 0 Å². The van der Waals surface area contributed by atoms with E-state index in [1.807, 2.05) is 30.3 Å². The van der Waals surface area contributed by atoms with Gasteiger partial charge in [0.2, 0.25) is 0 Å². The lowest BCUT2D eigenvalue weighted by molar-refractivity contribution is 0.214. The molecule has 0 unspecified atom stereocenters. The maximum atomic E-state index is 13.2. The van der Waals surface area contributed by atoms with E-state index in [0.29, 0.717) is 5.69 Å². The molecule has 124 valence electrons. The molecule has 0 radical (unpaired) electrons. The summed E-state index contributed by atoms with van der Waals surface area (Å²) in [6.45, 7) is 4.08. The molecule has 0 saturated heterocycles. The molecule has 0 fully saturated rings. The van der Waals surface area contributed by atoms with Gasteiger partial charge in [0.25, 0.3) is 0 Å². The molecule has 0 aliphatic rings. The van der Waals surface area contributed by atoms with Gasteiger partial charge in [0.1, 0.15) is 5.82 Å². The van der Waals surface area contributed by atoms with Crippen molar-refractivity contribution in [3.8, 4) is 0 Å². The van der Waals surface area contributed by atoms with Crippen LogP contribution in [0, 0.1) is 5.82 Å². The van der Waals surface area contributed by atoms with Gasteiger partial charge in [0.15, 0.2) is 5.78 Å². The topological polar surface area (TPSA) is 47.6 Å². The Balaban J connectivity index is 2.38. The molecule has 2 aromatic rings. The Morgan fingerprint density at radius 1 is 1.00 bits per heavy atom. The van der Waals surface area contributed by atoms with Crippen LogP contribution in [0.4, 0.5) is 10.1 Å². The minimum atomic E-state index is -3.43. The second-order valence-electron chi connectivity index (χ2n) is 4.84. The molecular weight excluding hydrogens is 316 g/mol. The van der Waals surface area contributed by atoms with Gasteiger partial charge in [-0.2, -0.15) is 0 Å². The van der Waals surface area contributed by atoms with Crippen molar-refractivity contribution in [3.05, 3.63) is 66.0 Å². The molecule has 6 heteroatoms. The largest absolute Gasteiger partial charge is 0.368 e. The van der Waals surface area contributed by atoms with Gasteiger partial charge in [-0.15, -0.1) is 0 Å². The lowest BCUT2D eigenvalue weighted by Gasteiger charge is -2.28. The first-order valence-electron chi connectivity index (χ1n) is 7.55. The highest BCUT2D eigenvalue weighted by molar-refractivity contribution is 7.54. The van der Waals surface area contributed by atoms with Crippen LogP contribution in [0.3, 0.4) is 0 Å². The van der Waals surface area contributed by atoms with Crippen LogP contribution in [0.5, 0.6) is 0 Å². The summed E-state index contributed by atoms with van der Waals surface area (Å²) in [6.07, 6.45) is 0. The number of nitrogens with one attached hydrogen (secondary N) is 1. The van der Waals surface area contributed by atoms with Crippen LogP contribution in [0.1, 0.15) is 25.2 Å². The molecule has 0 aromatic heterocycles. The van der Waals surface area contributed by atoms with Gasteiger partial charge < -0.3 is 14.4 Å². The lowest BCUT2D eigenvalue weighted by Crippen LogP contribution is -2.15. The summed E-state index contributed by atoms with van der Waals surface area (Å²) in [5, 5.41) is 3.15. The average Bonchev–Trinajstić information content (AvgIpc) is 2.55. The molecule has 2 rings (SSSR count). The molecule has 0 aliphatic carbocycles. The van der Waals surface area contributed by atoms with Gasteiger partial charge in [0.05, 0.1) is 13.2 Å². The first kappa shape index (κ1) is 17.7. The van der Waals surface area contributed by atoms with Gasteiger partial charge in [-0.3, -0.25) is 4.57 Å².